The van der Waals surface area contributed by atoms with Gasteiger partial charge in [-0.2, -0.15) is 0 Å². The lowest BCUT2D eigenvalue weighted by molar-refractivity contribution is -0.131. The fourth-order valence-electron chi connectivity index (χ4n) is 2.36. The predicted molar refractivity (Wildman–Crippen MR) is 93.8 cm³/mol. The summed E-state index contributed by atoms with van der Waals surface area (Å²) in [7, 11) is -2.15. The molecule has 1 N–H and O–H groups in total. The first-order valence-electron chi connectivity index (χ1n) is 7.97. The maximum Gasteiger partial charge on any atom is 0.240 e. The van der Waals surface area contributed by atoms with Gasteiger partial charge in [-0.05, 0) is 36.8 Å². The summed E-state index contributed by atoms with van der Waals surface area (Å²) in [6, 6.07) is 10.8. The van der Waals surface area contributed by atoms with Gasteiger partial charge in [-0.1, -0.05) is 24.3 Å². The average Bonchev–Trinajstić information content (AvgIpc) is 2.63. The molecule has 8 heteroatoms. The molecule has 1 atom stereocenters. The highest BCUT2D eigenvalue weighted by Gasteiger charge is 2.20. The van der Waals surface area contributed by atoms with Crippen molar-refractivity contribution < 1.29 is 22.0 Å². The smallest absolute Gasteiger partial charge is 0.240 e. The molecule has 0 fully saturated rings. The van der Waals surface area contributed by atoms with Gasteiger partial charge in [0.25, 0.3) is 0 Å². The minimum absolute atomic E-state index is 0.0589. The number of amides is 1. The Morgan fingerprint density at radius 1 is 1.12 bits per heavy atom. The quantitative estimate of drug-likeness (QED) is 0.801. The van der Waals surface area contributed by atoms with Crippen molar-refractivity contribution in [1.29, 1.82) is 0 Å². The van der Waals surface area contributed by atoms with Gasteiger partial charge in [0.15, 0.2) is 11.6 Å². The average molecular weight is 382 g/mol. The van der Waals surface area contributed by atoms with E-state index in [1.165, 1.54) is 30.1 Å². The Kier molecular flexibility index (Phi) is 6.44. The number of hydrogen-bond acceptors (Lipinski definition) is 3. The lowest BCUT2D eigenvalue weighted by Crippen LogP contribution is -2.33. The summed E-state index contributed by atoms with van der Waals surface area (Å²) in [5.74, 6) is -2.26. The molecule has 1 unspecified atom stereocenters. The van der Waals surface area contributed by atoms with Gasteiger partial charge in [-0.25, -0.2) is 21.9 Å². The largest absolute Gasteiger partial charge is 0.339 e. The van der Waals surface area contributed by atoms with Crippen LogP contribution < -0.4 is 4.72 Å². The highest BCUT2D eigenvalue weighted by Crippen LogP contribution is 2.21. The van der Waals surface area contributed by atoms with Crippen LogP contribution in [0.5, 0.6) is 0 Å². The number of nitrogens with one attached hydrogen (secondary N) is 1. The third-order valence-electron chi connectivity index (χ3n) is 4.08. The van der Waals surface area contributed by atoms with E-state index in [2.05, 4.69) is 4.72 Å². The fraction of sp³-hybridized carbons (Fsp3) is 0.278. The number of sulfonamides is 1. The second-order valence-corrected chi connectivity index (χ2v) is 7.58. The third kappa shape index (κ3) is 4.86. The lowest BCUT2D eigenvalue weighted by atomic mass is 10.1. The summed E-state index contributed by atoms with van der Waals surface area (Å²) in [5.41, 5.74) is 0.449. The van der Waals surface area contributed by atoms with E-state index < -0.39 is 27.7 Å². The molecule has 0 aromatic heterocycles. The molecule has 0 spiro atoms. The molecule has 140 valence electrons. The van der Waals surface area contributed by atoms with Crippen molar-refractivity contribution >= 4 is 15.9 Å². The van der Waals surface area contributed by atoms with E-state index in [4.69, 9.17) is 0 Å². The number of halogens is 2. The minimum Gasteiger partial charge on any atom is -0.339 e. The lowest BCUT2D eigenvalue weighted by Gasteiger charge is -2.25. The Morgan fingerprint density at radius 2 is 1.77 bits per heavy atom. The van der Waals surface area contributed by atoms with Gasteiger partial charge >= 0.3 is 0 Å². The summed E-state index contributed by atoms with van der Waals surface area (Å²) in [6.07, 6.45) is -0.0589. The molecule has 26 heavy (non-hydrogen) atoms. The molecular weight excluding hydrogens is 362 g/mol. The molecule has 0 heterocycles. The highest BCUT2D eigenvalue weighted by atomic mass is 32.2. The van der Waals surface area contributed by atoms with Crippen molar-refractivity contribution in [1.82, 2.24) is 9.62 Å². The van der Waals surface area contributed by atoms with E-state index >= 15 is 0 Å². The molecule has 0 bridgehead atoms. The number of benzene rings is 2. The SMILES string of the molecule is CC(c1ccc(F)c(F)c1)N(C)C(=O)CCNS(=O)(=O)c1ccccc1. The molecule has 0 aliphatic heterocycles. The van der Waals surface area contributed by atoms with E-state index in [0.717, 1.165) is 12.1 Å². The Balaban J connectivity index is 1.93. The molecule has 0 aliphatic rings. The number of carbonyl (C=O) groups is 1. The number of carbonyl (C=O) groups excluding carboxylic acids is 1. The Morgan fingerprint density at radius 3 is 2.38 bits per heavy atom. The Labute approximate surface area is 151 Å². The second kappa shape index (κ2) is 8.37. The van der Waals surface area contributed by atoms with Crippen molar-refractivity contribution in [2.45, 2.75) is 24.3 Å². The van der Waals surface area contributed by atoms with Crippen LogP contribution >= 0.6 is 0 Å². The molecule has 5 nitrogen and oxygen atoms in total. The summed E-state index contributed by atoms with van der Waals surface area (Å²) >= 11 is 0. The van der Waals surface area contributed by atoms with Gasteiger partial charge in [0.1, 0.15) is 0 Å². The predicted octanol–water partition coefficient (Wildman–Crippen LogP) is 2.85. The summed E-state index contributed by atoms with van der Waals surface area (Å²) in [5, 5.41) is 0. The fourth-order valence-corrected chi connectivity index (χ4v) is 3.42. The topological polar surface area (TPSA) is 66.5 Å². The maximum absolute atomic E-state index is 13.3. The first kappa shape index (κ1) is 20.0. The zero-order valence-electron chi connectivity index (χ0n) is 14.4. The zero-order valence-corrected chi connectivity index (χ0v) is 15.3. The van der Waals surface area contributed by atoms with Crippen LogP contribution in [0, 0.1) is 11.6 Å². The first-order chi connectivity index (χ1) is 12.2. The summed E-state index contributed by atoms with van der Waals surface area (Å²) in [6.45, 7) is 1.61. The normalized spacial score (nSPS) is 12.6. The maximum atomic E-state index is 13.3. The van der Waals surface area contributed by atoms with Gasteiger partial charge < -0.3 is 4.90 Å². The van der Waals surface area contributed by atoms with Gasteiger partial charge in [-0.15, -0.1) is 0 Å². The van der Waals surface area contributed by atoms with Crippen LogP contribution in [0.4, 0.5) is 8.78 Å². The molecule has 0 saturated heterocycles. The van der Waals surface area contributed by atoms with Crippen LogP contribution in [-0.2, 0) is 14.8 Å². The number of nitrogens with zero attached hydrogens (tertiary/aromatic N) is 1. The van der Waals surface area contributed by atoms with Gasteiger partial charge in [0, 0.05) is 20.0 Å². The van der Waals surface area contributed by atoms with E-state index in [1.807, 2.05) is 0 Å². The Hall–Kier alpha value is -2.32. The highest BCUT2D eigenvalue weighted by molar-refractivity contribution is 7.89. The molecule has 2 aromatic carbocycles. The van der Waals surface area contributed by atoms with E-state index in [1.54, 1.807) is 25.1 Å². The van der Waals surface area contributed by atoms with Crippen LogP contribution in [0.1, 0.15) is 24.9 Å². The molecule has 2 rings (SSSR count). The van der Waals surface area contributed by atoms with Crippen LogP contribution in [0.25, 0.3) is 0 Å². The third-order valence-corrected chi connectivity index (χ3v) is 5.56. The Bertz CT molecular complexity index is 873. The van der Waals surface area contributed by atoms with Crippen molar-refractivity contribution in [2.24, 2.45) is 0 Å². The van der Waals surface area contributed by atoms with Crippen LogP contribution in [0.15, 0.2) is 53.4 Å². The zero-order chi connectivity index (χ0) is 19.3. The second-order valence-electron chi connectivity index (χ2n) is 5.81. The van der Waals surface area contributed by atoms with Gasteiger partial charge in [0.05, 0.1) is 10.9 Å². The van der Waals surface area contributed by atoms with Crippen molar-refractivity contribution in [3.8, 4) is 0 Å². The molecule has 0 saturated carbocycles. The molecule has 2 aromatic rings. The van der Waals surface area contributed by atoms with Crippen molar-refractivity contribution in [2.75, 3.05) is 13.6 Å². The molecule has 1 amide bonds. The standard InChI is InChI=1S/C18H20F2N2O3S/c1-13(14-8-9-16(19)17(20)12-14)22(2)18(23)10-11-21-26(24,25)15-6-4-3-5-7-15/h3-9,12-13,21H,10-11H2,1-2H3. The van der Waals surface area contributed by atoms with E-state index in [-0.39, 0.29) is 23.8 Å². The van der Waals surface area contributed by atoms with Crippen molar-refractivity contribution in [3.05, 3.63) is 65.7 Å². The summed E-state index contributed by atoms with van der Waals surface area (Å²) in [4.78, 5) is 13.7. The van der Waals surface area contributed by atoms with Crippen molar-refractivity contribution in [3.63, 3.8) is 0 Å². The minimum atomic E-state index is -3.68. The van der Waals surface area contributed by atoms with E-state index in [0.29, 0.717) is 5.56 Å². The number of hydrogen-bond donors (Lipinski definition) is 1. The monoisotopic (exact) mass is 382 g/mol. The molecular formula is C18H20F2N2O3S. The molecule has 0 radical (unpaired) electrons. The summed E-state index contributed by atoms with van der Waals surface area (Å²) < 4.78 is 52.9. The number of rotatable bonds is 7. The molecule has 0 aliphatic carbocycles. The van der Waals surface area contributed by atoms with Gasteiger partial charge in [-0.3, -0.25) is 4.79 Å². The van der Waals surface area contributed by atoms with Crippen LogP contribution in [-0.4, -0.2) is 32.8 Å². The first-order valence-corrected chi connectivity index (χ1v) is 9.46. The van der Waals surface area contributed by atoms with Crippen LogP contribution in [0.2, 0.25) is 0 Å². The van der Waals surface area contributed by atoms with Crippen LogP contribution in [0.3, 0.4) is 0 Å². The van der Waals surface area contributed by atoms with Gasteiger partial charge in [0.2, 0.25) is 15.9 Å². The van der Waals surface area contributed by atoms with E-state index in [9.17, 15) is 22.0 Å².